The summed E-state index contributed by atoms with van der Waals surface area (Å²) >= 11 is 1.87. The van der Waals surface area contributed by atoms with Gasteiger partial charge in [0.05, 0.1) is 0 Å². The molecule has 0 aliphatic rings. The lowest BCUT2D eigenvalue weighted by atomic mass is 9.88. The van der Waals surface area contributed by atoms with Crippen molar-refractivity contribution in [3.8, 4) is 113 Å². The van der Waals surface area contributed by atoms with Crippen LogP contribution in [0.2, 0.25) is 0 Å². The van der Waals surface area contributed by atoms with Crippen molar-refractivity contribution < 1.29 is 8.83 Å². The van der Waals surface area contributed by atoms with Crippen molar-refractivity contribution >= 4 is 118 Å². The fourth-order valence-electron chi connectivity index (χ4n) is 15.9. The van der Waals surface area contributed by atoms with Crippen molar-refractivity contribution in [2.45, 2.75) is 0 Å². The second-order valence-electron chi connectivity index (χ2n) is 27.5. The molecule has 22 rings (SSSR count). The van der Waals surface area contributed by atoms with E-state index in [0.717, 1.165) is 110 Å². The van der Waals surface area contributed by atoms with E-state index in [-0.39, 0.29) is 0 Å². The molecule has 5 aromatic heterocycles. The molecule has 9 heteroatoms. The number of thiophene rings is 1. The highest BCUT2D eigenvalue weighted by Gasteiger charge is 2.27. The zero-order valence-electron chi connectivity index (χ0n) is 58.5. The molecule has 0 atom stereocenters. The number of aromatic nitrogens is 6. The zero-order valence-corrected chi connectivity index (χ0v) is 59.4. The Bertz CT molecular complexity index is 7340. The second kappa shape index (κ2) is 26.3. The third kappa shape index (κ3) is 11.1. The molecule has 5 heterocycles. The van der Waals surface area contributed by atoms with E-state index in [9.17, 15) is 0 Å². The Hall–Kier alpha value is -14.4. The molecule has 0 saturated carbocycles. The van der Waals surface area contributed by atoms with E-state index in [0.29, 0.717) is 34.9 Å². The van der Waals surface area contributed by atoms with Gasteiger partial charge in [0.15, 0.2) is 34.9 Å². The lowest BCUT2D eigenvalue weighted by Crippen LogP contribution is -2.01. The third-order valence-corrected chi connectivity index (χ3v) is 22.2. The summed E-state index contributed by atoms with van der Waals surface area (Å²) in [4.78, 5) is 30.8. The molecular formula is C100H60N6O2S. The van der Waals surface area contributed by atoms with Crippen LogP contribution in [0.3, 0.4) is 0 Å². The van der Waals surface area contributed by atoms with Crippen LogP contribution in [0.1, 0.15) is 0 Å². The number of rotatable bonds is 10. The van der Waals surface area contributed by atoms with E-state index in [1.807, 2.05) is 96.3 Å². The Balaban J connectivity index is 0.000000139. The summed E-state index contributed by atoms with van der Waals surface area (Å²) in [7, 11) is 0. The van der Waals surface area contributed by atoms with Crippen LogP contribution in [0.4, 0.5) is 0 Å². The lowest BCUT2D eigenvalue weighted by Gasteiger charge is -2.16. The minimum atomic E-state index is 0.597. The molecule has 0 amide bonds. The maximum atomic E-state index is 6.90. The Morgan fingerprint density at radius 1 is 0.193 bits per heavy atom. The molecule has 109 heavy (non-hydrogen) atoms. The van der Waals surface area contributed by atoms with Crippen molar-refractivity contribution in [2.24, 2.45) is 0 Å². The average Bonchev–Trinajstić information content (AvgIpc) is 1.63. The van der Waals surface area contributed by atoms with Crippen LogP contribution in [-0.4, -0.2) is 29.9 Å². The summed E-state index contributed by atoms with van der Waals surface area (Å²) in [6.07, 6.45) is 0. The molecule has 17 aromatic carbocycles. The van der Waals surface area contributed by atoms with Crippen molar-refractivity contribution in [2.75, 3.05) is 0 Å². The molecule has 0 spiro atoms. The molecule has 0 aliphatic heterocycles. The molecule has 0 unspecified atom stereocenters. The van der Waals surface area contributed by atoms with Gasteiger partial charge < -0.3 is 8.83 Å². The first kappa shape index (κ1) is 63.1. The van der Waals surface area contributed by atoms with Crippen molar-refractivity contribution in [3.05, 3.63) is 364 Å². The van der Waals surface area contributed by atoms with Gasteiger partial charge in [-0.25, -0.2) is 29.9 Å². The predicted octanol–water partition coefficient (Wildman–Crippen LogP) is 27.2. The van der Waals surface area contributed by atoms with Crippen LogP contribution in [-0.2, 0) is 0 Å². The van der Waals surface area contributed by atoms with Gasteiger partial charge in [0.1, 0.15) is 22.3 Å². The molecule has 0 saturated heterocycles. The van der Waals surface area contributed by atoms with Crippen molar-refractivity contribution in [3.63, 3.8) is 0 Å². The molecule has 0 radical (unpaired) electrons. The summed E-state index contributed by atoms with van der Waals surface area (Å²) in [5.41, 5.74) is 18.2. The summed E-state index contributed by atoms with van der Waals surface area (Å²) in [6, 6.07) is 127. The Morgan fingerprint density at radius 3 is 1.21 bits per heavy atom. The van der Waals surface area contributed by atoms with Crippen LogP contribution in [0.25, 0.3) is 220 Å². The monoisotopic (exact) mass is 1410 g/mol. The number of furan rings is 2. The number of nitrogens with zero attached hydrogens (tertiary/aromatic N) is 6. The number of fused-ring (bicyclic) bond motifs is 13. The summed E-state index contributed by atoms with van der Waals surface area (Å²) < 4.78 is 15.7. The summed E-state index contributed by atoms with van der Waals surface area (Å²) in [5, 5.41) is 16.0. The molecule has 0 N–H and O–H groups in total. The van der Waals surface area contributed by atoms with Gasteiger partial charge in [-0.3, -0.25) is 0 Å². The highest BCUT2D eigenvalue weighted by Crippen LogP contribution is 2.52. The van der Waals surface area contributed by atoms with Gasteiger partial charge >= 0.3 is 0 Å². The Kier molecular flexibility index (Phi) is 15.3. The van der Waals surface area contributed by atoms with Crippen LogP contribution < -0.4 is 0 Å². The predicted molar refractivity (Wildman–Crippen MR) is 451 cm³/mol. The highest BCUT2D eigenvalue weighted by atomic mass is 32.1. The first-order chi connectivity index (χ1) is 54.0. The van der Waals surface area contributed by atoms with Gasteiger partial charge in [-0.1, -0.05) is 315 Å². The Morgan fingerprint density at radius 2 is 0.569 bits per heavy atom. The fourth-order valence-corrected chi connectivity index (χ4v) is 17.2. The fraction of sp³-hybridized carbons (Fsp3) is 0. The maximum absolute atomic E-state index is 6.90. The number of para-hydroxylation sites is 2. The molecule has 22 aromatic rings. The van der Waals surface area contributed by atoms with Crippen LogP contribution in [0.5, 0.6) is 0 Å². The third-order valence-electron chi connectivity index (χ3n) is 21.0. The summed E-state index contributed by atoms with van der Waals surface area (Å²) in [6.45, 7) is 0. The lowest BCUT2D eigenvalue weighted by molar-refractivity contribution is 0.669. The highest BCUT2D eigenvalue weighted by molar-refractivity contribution is 7.26. The normalized spacial score (nSPS) is 11.7. The van der Waals surface area contributed by atoms with Gasteiger partial charge in [-0.15, -0.1) is 11.3 Å². The van der Waals surface area contributed by atoms with Crippen molar-refractivity contribution in [1.29, 1.82) is 0 Å². The smallest absolute Gasteiger partial charge is 0.165 e. The van der Waals surface area contributed by atoms with Gasteiger partial charge in [-0.2, -0.15) is 0 Å². The SMILES string of the molecule is c1ccc(-c2ccc3cc(-c4c5ccccc5c(-c5nc(-c6ccccc6)nc(-c6ccc7ccccc7c6)n5)c5c4oc4ccccc45)ccc3c2)cc1.c1ccc(-c2nc(-c3ccc(-c4c5ccccc5c(-c5ccccc5)c5sc6ccccc6c45)cc3)nc(-c3ccc4c(c3)oc3ccccc34)n2)cc1. The van der Waals surface area contributed by atoms with Gasteiger partial charge in [0.2, 0.25) is 0 Å². The minimum absolute atomic E-state index is 0.597. The van der Waals surface area contributed by atoms with E-state index in [1.165, 1.54) is 74.9 Å². The molecule has 0 fully saturated rings. The minimum Gasteiger partial charge on any atom is -0.456 e. The van der Waals surface area contributed by atoms with Crippen LogP contribution in [0, 0.1) is 0 Å². The average molecular weight is 1410 g/mol. The summed E-state index contributed by atoms with van der Waals surface area (Å²) in [5.74, 6) is 3.67. The number of benzene rings is 17. The second-order valence-corrected chi connectivity index (χ2v) is 28.5. The first-order valence-electron chi connectivity index (χ1n) is 36.5. The number of hydrogen-bond acceptors (Lipinski definition) is 9. The molecule has 0 bridgehead atoms. The Labute approximate surface area is 629 Å². The molecule has 508 valence electrons. The van der Waals surface area contributed by atoms with E-state index in [2.05, 4.69) is 279 Å². The van der Waals surface area contributed by atoms with Gasteiger partial charge in [-0.05, 0) is 125 Å². The zero-order chi connectivity index (χ0) is 71.9. The van der Waals surface area contributed by atoms with Gasteiger partial charge in [0, 0.05) is 86.2 Å². The van der Waals surface area contributed by atoms with Crippen LogP contribution in [0.15, 0.2) is 373 Å². The van der Waals surface area contributed by atoms with E-state index < -0.39 is 0 Å². The topological polar surface area (TPSA) is 104 Å². The maximum Gasteiger partial charge on any atom is 0.165 e. The molecule has 0 aliphatic carbocycles. The first-order valence-corrected chi connectivity index (χ1v) is 37.4. The van der Waals surface area contributed by atoms with E-state index in [4.69, 9.17) is 38.7 Å². The standard InChI is InChI=1S/C51H31N3O.C49H29N3OS/c1-3-13-32(14-4-1)36-24-25-38-30-39(27-26-37(38)29-36)45-41-19-9-10-20-42(41)47(46-43-21-11-12-22-44(43)55-48(45)46)51-53-49(34-16-5-2-6-17-34)52-50(54-51)40-28-23-33-15-7-8-18-35(33)31-40;1-3-13-30(14-4-1)44-38-19-8-7-18-37(38)43(45-39-20-10-12-22-42(39)54-46(44)45)31-23-25-33(26-24-31)48-50-47(32-15-5-2-6-16-32)51-49(52-48)34-27-28-36-35-17-9-11-21-40(35)53-41(36)29-34/h1-31H;1-29H. The molecule has 8 nitrogen and oxygen atoms in total. The van der Waals surface area contributed by atoms with Crippen LogP contribution >= 0.6 is 11.3 Å². The van der Waals surface area contributed by atoms with Crippen molar-refractivity contribution in [1.82, 2.24) is 29.9 Å². The van der Waals surface area contributed by atoms with E-state index >= 15 is 0 Å². The number of hydrogen-bond donors (Lipinski definition) is 0. The quantitative estimate of drug-likeness (QED) is 0.133. The molecular weight excluding hydrogens is 1350 g/mol. The van der Waals surface area contributed by atoms with E-state index in [1.54, 1.807) is 0 Å². The largest absolute Gasteiger partial charge is 0.456 e. The van der Waals surface area contributed by atoms with Gasteiger partial charge in [0.25, 0.3) is 0 Å².